The topological polar surface area (TPSA) is 71.1 Å². The lowest BCUT2D eigenvalue weighted by molar-refractivity contribution is -0.128. The van der Waals surface area contributed by atoms with Crippen molar-refractivity contribution in [3.63, 3.8) is 0 Å². The van der Waals surface area contributed by atoms with Crippen LogP contribution in [0.1, 0.15) is 0 Å². The summed E-state index contributed by atoms with van der Waals surface area (Å²) in [6.07, 6.45) is -0.691. The largest absolute Gasteiger partial charge is 0.477 e. The lowest BCUT2D eigenvalue weighted by Crippen LogP contribution is -2.53. The van der Waals surface area contributed by atoms with Gasteiger partial charge < -0.3 is 19.7 Å². The molecular weight excluding hydrogens is 298 g/mol. The fourth-order valence-electron chi connectivity index (χ4n) is 2.80. The van der Waals surface area contributed by atoms with E-state index in [-0.39, 0.29) is 18.4 Å². The second-order valence-corrected chi connectivity index (χ2v) is 5.58. The molecule has 0 spiro atoms. The van der Waals surface area contributed by atoms with Crippen molar-refractivity contribution in [3.8, 4) is 5.75 Å². The molecule has 3 rings (SSSR count). The number of hydrogen-bond donors (Lipinski definition) is 1. The van der Waals surface area contributed by atoms with Gasteiger partial charge in [0.1, 0.15) is 5.75 Å². The first-order valence-electron chi connectivity index (χ1n) is 7.77. The molecule has 2 aliphatic heterocycles. The van der Waals surface area contributed by atoms with Gasteiger partial charge in [-0.3, -0.25) is 14.5 Å². The van der Waals surface area contributed by atoms with Crippen LogP contribution in [0.2, 0.25) is 0 Å². The lowest BCUT2D eigenvalue weighted by Gasteiger charge is -2.35. The number of anilines is 1. The van der Waals surface area contributed by atoms with Gasteiger partial charge in [-0.25, -0.2) is 0 Å². The molecule has 0 radical (unpaired) electrons. The van der Waals surface area contributed by atoms with E-state index in [4.69, 9.17) is 9.47 Å². The maximum Gasteiger partial charge on any atom is 0.262 e. The van der Waals surface area contributed by atoms with Gasteiger partial charge in [-0.15, -0.1) is 0 Å². The molecule has 1 saturated heterocycles. The number of ether oxygens (including phenoxy) is 2. The number of rotatable bonds is 3. The zero-order valence-electron chi connectivity index (χ0n) is 13.2. The quantitative estimate of drug-likeness (QED) is 0.840. The van der Waals surface area contributed by atoms with Crippen molar-refractivity contribution in [1.29, 1.82) is 0 Å². The fraction of sp³-hybridized carbons (Fsp3) is 0.500. The summed E-state index contributed by atoms with van der Waals surface area (Å²) in [6, 6.07) is 7.30. The van der Waals surface area contributed by atoms with Gasteiger partial charge in [0.2, 0.25) is 5.91 Å². The van der Waals surface area contributed by atoms with Gasteiger partial charge >= 0.3 is 0 Å². The first-order valence-corrected chi connectivity index (χ1v) is 7.77. The minimum absolute atomic E-state index is 0.0310. The number of para-hydroxylation sites is 2. The van der Waals surface area contributed by atoms with Gasteiger partial charge in [0, 0.05) is 20.1 Å². The van der Waals surface area contributed by atoms with E-state index in [0.717, 1.165) is 13.1 Å². The van der Waals surface area contributed by atoms with Gasteiger partial charge in [-0.05, 0) is 12.1 Å². The molecule has 0 unspecified atom stereocenters. The number of nitrogens with one attached hydrogen (secondary N) is 1. The fourth-order valence-corrected chi connectivity index (χ4v) is 2.80. The van der Waals surface area contributed by atoms with Gasteiger partial charge in [0.25, 0.3) is 5.91 Å². The molecule has 1 aromatic carbocycles. The lowest BCUT2D eigenvalue weighted by atomic mass is 10.1. The summed E-state index contributed by atoms with van der Waals surface area (Å²) in [6.45, 7) is 3.33. The van der Waals surface area contributed by atoms with Crippen LogP contribution < -0.4 is 15.0 Å². The van der Waals surface area contributed by atoms with Crippen LogP contribution in [-0.4, -0.2) is 69.3 Å². The third kappa shape index (κ3) is 3.46. The van der Waals surface area contributed by atoms with Crippen molar-refractivity contribution in [2.75, 3.05) is 51.3 Å². The Balaban J connectivity index is 1.78. The Morgan fingerprint density at radius 2 is 2.00 bits per heavy atom. The third-order valence-electron chi connectivity index (χ3n) is 4.08. The van der Waals surface area contributed by atoms with Gasteiger partial charge in [0.05, 0.1) is 32.0 Å². The average Bonchev–Trinajstić information content (AvgIpc) is 2.60. The summed E-state index contributed by atoms with van der Waals surface area (Å²) in [4.78, 5) is 28.4. The summed E-state index contributed by atoms with van der Waals surface area (Å²) in [7, 11) is 1.56. The number of amides is 2. The minimum atomic E-state index is -0.691. The zero-order valence-corrected chi connectivity index (χ0v) is 13.2. The number of likely N-dealkylation sites (N-methyl/N-ethyl adjacent to an activating group) is 1. The molecule has 1 aromatic rings. The summed E-state index contributed by atoms with van der Waals surface area (Å²) in [5.41, 5.74) is 0.714. The molecule has 124 valence electrons. The number of carbonyl (C=O) groups is 2. The predicted molar refractivity (Wildman–Crippen MR) is 84.5 cm³/mol. The molecule has 7 nitrogen and oxygen atoms in total. The van der Waals surface area contributed by atoms with E-state index in [0.29, 0.717) is 31.2 Å². The van der Waals surface area contributed by atoms with Crippen molar-refractivity contribution < 1.29 is 19.1 Å². The van der Waals surface area contributed by atoms with Crippen LogP contribution in [0.15, 0.2) is 24.3 Å². The smallest absolute Gasteiger partial charge is 0.262 e. The Hall–Kier alpha value is -2.12. The van der Waals surface area contributed by atoms with Crippen molar-refractivity contribution in [2.24, 2.45) is 0 Å². The molecule has 0 aromatic heterocycles. The molecule has 2 heterocycles. The Kier molecular flexibility index (Phi) is 4.78. The molecule has 0 bridgehead atoms. The molecule has 7 heteroatoms. The Bertz CT molecular complexity index is 586. The van der Waals surface area contributed by atoms with E-state index in [1.54, 1.807) is 18.0 Å². The highest BCUT2D eigenvalue weighted by Crippen LogP contribution is 2.33. The first kappa shape index (κ1) is 15.8. The molecule has 2 amide bonds. The second kappa shape index (κ2) is 6.97. The van der Waals surface area contributed by atoms with Gasteiger partial charge in [-0.1, -0.05) is 12.1 Å². The summed E-state index contributed by atoms with van der Waals surface area (Å²) >= 11 is 0. The third-order valence-corrected chi connectivity index (χ3v) is 4.08. The van der Waals surface area contributed by atoms with Crippen LogP contribution in [0.4, 0.5) is 5.69 Å². The molecule has 23 heavy (non-hydrogen) atoms. The normalized spacial score (nSPS) is 21.3. The Morgan fingerprint density at radius 1 is 1.26 bits per heavy atom. The second-order valence-electron chi connectivity index (χ2n) is 5.58. The van der Waals surface area contributed by atoms with Gasteiger partial charge in [0.15, 0.2) is 6.10 Å². The maximum atomic E-state index is 12.7. The molecule has 1 N–H and O–H groups in total. The molecule has 1 fully saturated rings. The number of morpholine rings is 1. The first-order chi connectivity index (χ1) is 11.2. The van der Waals surface area contributed by atoms with Gasteiger partial charge in [-0.2, -0.15) is 0 Å². The minimum Gasteiger partial charge on any atom is -0.477 e. The summed E-state index contributed by atoms with van der Waals surface area (Å²) in [5.74, 6) is 0.294. The average molecular weight is 319 g/mol. The van der Waals surface area contributed by atoms with Crippen molar-refractivity contribution in [2.45, 2.75) is 6.10 Å². The van der Waals surface area contributed by atoms with E-state index >= 15 is 0 Å². The highest BCUT2D eigenvalue weighted by molar-refractivity contribution is 5.98. The van der Waals surface area contributed by atoms with E-state index in [1.165, 1.54) is 0 Å². The monoisotopic (exact) mass is 319 g/mol. The molecular formula is C16H21N3O4. The number of hydrogen-bond acceptors (Lipinski definition) is 5. The number of fused-ring (bicyclic) bond motifs is 1. The highest BCUT2D eigenvalue weighted by Gasteiger charge is 2.33. The van der Waals surface area contributed by atoms with E-state index in [2.05, 4.69) is 10.2 Å². The van der Waals surface area contributed by atoms with E-state index < -0.39 is 6.10 Å². The Morgan fingerprint density at radius 3 is 2.74 bits per heavy atom. The van der Waals surface area contributed by atoms with Crippen LogP contribution in [0, 0.1) is 0 Å². The van der Waals surface area contributed by atoms with E-state index in [9.17, 15) is 9.59 Å². The van der Waals surface area contributed by atoms with Crippen LogP contribution >= 0.6 is 0 Å². The Labute approximate surface area is 135 Å². The molecule has 1 atom stereocenters. The SMILES string of the molecule is CNC(=O)[C@H]1CN(C(=O)CN2CCOCC2)c2ccccc2O1. The van der Waals surface area contributed by atoms with Crippen molar-refractivity contribution in [1.82, 2.24) is 10.2 Å². The van der Waals surface area contributed by atoms with Crippen molar-refractivity contribution >= 4 is 17.5 Å². The van der Waals surface area contributed by atoms with Crippen LogP contribution in [0.3, 0.4) is 0 Å². The van der Waals surface area contributed by atoms with Crippen LogP contribution in [-0.2, 0) is 14.3 Å². The maximum absolute atomic E-state index is 12.7. The standard InChI is InChI=1S/C16H21N3O4/c1-17-16(21)14-10-19(12-4-2-3-5-13(12)23-14)15(20)11-18-6-8-22-9-7-18/h2-5,14H,6-11H2,1H3,(H,17,21)/t14-/m1/s1. The molecule has 0 aliphatic carbocycles. The molecule has 0 saturated carbocycles. The highest BCUT2D eigenvalue weighted by atomic mass is 16.5. The molecule has 2 aliphatic rings. The number of nitrogens with zero attached hydrogens (tertiary/aromatic N) is 2. The zero-order chi connectivity index (χ0) is 16.2. The number of carbonyl (C=O) groups excluding carboxylic acids is 2. The van der Waals surface area contributed by atoms with Crippen molar-refractivity contribution in [3.05, 3.63) is 24.3 Å². The predicted octanol–water partition coefficient (Wildman–Crippen LogP) is -0.141. The van der Waals surface area contributed by atoms with Crippen LogP contribution in [0.25, 0.3) is 0 Å². The summed E-state index contributed by atoms with van der Waals surface area (Å²) < 4.78 is 11.0. The number of benzene rings is 1. The van der Waals surface area contributed by atoms with E-state index in [1.807, 2.05) is 18.2 Å². The van der Waals surface area contributed by atoms with Crippen LogP contribution in [0.5, 0.6) is 5.75 Å². The summed E-state index contributed by atoms with van der Waals surface area (Å²) in [5, 5.41) is 2.58.